The first-order valence-corrected chi connectivity index (χ1v) is 36.3. The molecule has 1 aromatic carbocycles. The van der Waals surface area contributed by atoms with Crippen molar-refractivity contribution in [1.82, 2.24) is 45.5 Å². The number of fused-ring (bicyclic) bond motifs is 5. The van der Waals surface area contributed by atoms with E-state index in [1.165, 1.54) is 36.3 Å². The Morgan fingerprint density at radius 1 is 0.752 bits per heavy atom. The molecule has 101 heavy (non-hydrogen) atoms. The number of nitrogens with zero attached hydrogens (tertiary/aromatic N) is 5. The number of carbonyl (C=O) groups is 8. The number of hydrogen-bond donors (Lipinski definition) is 5. The van der Waals surface area contributed by atoms with Gasteiger partial charge in [-0.1, -0.05) is 47.5 Å². The van der Waals surface area contributed by atoms with Crippen molar-refractivity contribution in [2.45, 2.75) is 213 Å². The number of cyclic esters (lactones) is 1. The Hall–Kier alpha value is -7.24. The SMILES string of the molecule is CCc1c2c(nc3ccc(OC(=O)N4CCC(N5CCCCC5)CC4)cc13)-c1cc3c(c(=O)n1C2)COC(=O)[C@@]3(CC)OC(=O)CNC(O)C(CCCCNC(=O)COCCOCCOCCNC(=O)CCCCCN1C(=O)C=CC1=O)NC(=O)CC(C)(C)OCCC(C)(C)OCC(C)(C)C. The second-order valence-corrected chi connectivity index (χ2v) is 29.3. The number of hydrogen-bond acceptors (Lipinski definition) is 21. The molecule has 0 bridgehead atoms. The number of pyridine rings is 2. The molecule has 5 aliphatic heterocycles. The molecular formula is C74H109N9O18. The zero-order chi connectivity index (χ0) is 72.9. The van der Waals surface area contributed by atoms with Crippen molar-refractivity contribution in [2.75, 3.05) is 105 Å². The predicted molar refractivity (Wildman–Crippen MR) is 375 cm³/mol. The fraction of sp³-hybridized carbons (Fsp3) is 0.676. The number of ether oxygens (including phenoxy) is 8. The summed E-state index contributed by atoms with van der Waals surface area (Å²) in [5, 5.41) is 23.9. The first-order valence-electron chi connectivity index (χ1n) is 36.3. The fourth-order valence-corrected chi connectivity index (χ4v) is 13.4. The van der Waals surface area contributed by atoms with Crippen LogP contribution in [0.5, 0.6) is 5.75 Å². The van der Waals surface area contributed by atoms with Crippen molar-refractivity contribution in [2.24, 2.45) is 5.41 Å². The van der Waals surface area contributed by atoms with E-state index >= 15 is 0 Å². The van der Waals surface area contributed by atoms with Crippen molar-refractivity contribution >= 4 is 58.5 Å². The van der Waals surface area contributed by atoms with Crippen molar-refractivity contribution in [3.8, 4) is 17.1 Å². The predicted octanol–water partition coefficient (Wildman–Crippen LogP) is 6.39. The minimum Gasteiger partial charge on any atom is -0.457 e. The molecule has 5 aliphatic rings. The van der Waals surface area contributed by atoms with Crippen LogP contribution >= 0.6 is 0 Å². The summed E-state index contributed by atoms with van der Waals surface area (Å²) in [6.45, 7) is 23.1. The molecule has 2 unspecified atom stereocenters. The van der Waals surface area contributed by atoms with Crippen molar-refractivity contribution in [3.05, 3.63) is 69.0 Å². The summed E-state index contributed by atoms with van der Waals surface area (Å²) >= 11 is 0. The van der Waals surface area contributed by atoms with Gasteiger partial charge in [0.1, 0.15) is 25.2 Å². The van der Waals surface area contributed by atoms with Crippen LogP contribution in [-0.4, -0.2) is 212 Å². The molecule has 0 spiro atoms. The van der Waals surface area contributed by atoms with E-state index in [1.807, 2.05) is 26.8 Å². The zero-order valence-electron chi connectivity index (χ0n) is 60.9. The number of esters is 2. The van der Waals surface area contributed by atoms with Gasteiger partial charge in [0, 0.05) is 73.9 Å². The highest BCUT2D eigenvalue weighted by molar-refractivity contribution is 6.12. The van der Waals surface area contributed by atoms with Gasteiger partial charge in [-0.3, -0.25) is 43.8 Å². The van der Waals surface area contributed by atoms with Crippen LogP contribution in [0.2, 0.25) is 0 Å². The molecule has 0 saturated carbocycles. The number of benzene rings is 1. The van der Waals surface area contributed by atoms with E-state index in [4.69, 9.17) is 42.9 Å². The van der Waals surface area contributed by atoms with Crippen LogP contribution in [-0.2, 0) is 91.9 Å². The van der Waals surface area contributed by atoms with Crippen molar-refractivity contribution in [1.29, 1.82) is 0 Å². The molecule has 3 aromatic rings. The Labute approximate surface area is 593 Å². The Morgan fingerprint density at radius 3 is 2.16 bits per heavy atom. The zero-order valence-corrected chi connectivity index (χ0v) is 60.9. The Morgan fingerprint density at radius 2 is 1.46 bits per heavy atom. The molecule has 2 fully saturated rings. The molecule has 558 valence electrons. The lowest BCUT2D eigenvalue weighted by molar-refractivity contribution is -0.189. The number of carbonyl (C=O) groups excluding carboxylic acids is 8. The van der Waals surface area contributed by atoms with Crippen LogP contribution in [0.1, 0.15) is 181 Å². The normalized spacial score (nSPS) is 17.9. The molecule has 8 rings (SSSR count). The van der Waals surface area contributed by atoms with Gasteiger partial charge < -0.3 is 73.3 Å². The van der Waals surface area contributed by atoms with Crippen LogP contribution < -0.4 is 31.6 Å². The molecule has 2 aromatic heterocycles. The third-order valence-corrected chi connectivity index (χ3v) is 19.1. The molecular weight excluding hydrogens is 1300 g/mol. The number of aliphatic hydroxyl groups is 1. The highest BCUT2D eigenvalue weighted by Crippen LogP contribution is 2.43. The lowest BCUT2D eigenvalue weighted by Crippen LogP contribution is -2.53. The summed E-state index contributed by atoms with van der Waals surface area (Å²) in [6, 6.07) is 6.55. The summed E-state index contributed by atoms with van der Waals surface area (Å²) in [5.41, 5.74) is -0.292. The largest absolute Gasteiger partial charge is 0.457 e. The molecule has 5 N–H and O–H groups in total. The topological polar surface area (TPSA) is 323 Å². The summed E-state index contributed by atoms with van der Waals surface area (Å²) < 4.78 is 48.3. The molecule has 7 heterocycles. The monoisotopic (exact) mass is 1410 g/mol. The van der Waals surface area contributed by atoms with Crippen LogP contribution in [0.3, 0.4) is 0 Å². The van der Waals surface area contributed by atoms with Gasteiger partial charge in [-0.15, -0.1) is 0 Å². The van der Waals surface area contributed by atoms with Crippen LogP contribution in [0.4, 0.5) is 4.79 Å². The van der Waals surface area contributed by atoms with Gasteiger partial charge in [-0.05, 0) is 153 Å². The summed E-state index contributed by atoms with van der Waals surface area (Å²) in [6.07, 6.45) is 10.5. The minimum atomic E-state index is -2.05. The number of likely N-dealkylation sites (tertiary alicyclic amines) is 2. The van der Waals surface area contributed by atoms with Crippen molar-refractivity contribution in [3.63, 3.8) is 0 Å². The number of nitrogens with one attached hydrogen (secondary N) is 4. The van der Waals surface area contributed by atoms with Gasteiger partial charge >= 0.3 is 18.0 Å². The van der Waals surface area contributed by atoms with E-state index in [0.29, 0.717) is 133 Å². The smallest absolute Gasteiger partial charge is 0.415 e. The van der Waals surface area contributed by atoms with Crippen LogP contribution in [0.15, 0.2) is 41.2 Å². The van der Waals surface area contributed by atoms with E-state index in [-0.39, 0.29) is 106 Å². The number of aliphatic hydroxyl groups excluding tert-OH is 1. The number of imide groups is 1. The first-order chi connectivity index (χ1) is 48.2. The van der Waals surface area contributed by atoms with Crippen LogP contribution in [0.25, 0.3) is 22.3 Å². The van der Waals surface area contributed by atoms with E-state index in [2.05, 4.69) is 46.9 Å². The van der Waals surface area contributed by atoms with E-state index in [9.17, 15) is 48.3 Å². The number of unbranched alkanes of at least 4 members (excludes halogenated alkanes) is 3. The average molecular weight is 1410 g/mol. The maximum Gasteiger partial charge on any atom is 0.415 e. The number of aromatic nitrogens is 2. The minimum absolute atomic E-state index is 0.0257. The first kappa shape index (κ1) is 79.5. The molecule has 0 aliphatic carbocycles. The van der Waals surface area contributed by atoms with Gasteiger partial charge in [0.05, 0.1) is 105 Å². The fourth-order valence-electron chi connectivity index (χ4n) is 13.4. The van der Waals surface area contributed by atoms with E-state index in [1.54, 1.807) is 48.4 Å². The summed E-state index contributed by atoms with van der Waals surface area (Å²) in [5.74, 6) is -2.93. The standard InChI is InChI=1S/C74H109N9O18/c1-10-52-53-42-51(100-70(93)81-34-26-50(27-35-81)80-31-17-13-18-32-80)22-23-57(53)79-66-54(52)46-83-59(66)43-56-55(68(83)91)47-97-69(92)74(56,11-2)101-65(89)45-77-67(90)58(78-61(85)44-73(8,9)98-36-28-72(6,7)99-49-71(3,4)5)20-15-16-29-75-62(86)48-96-41-40-95-39-38-94-37-30-76-60(84)21-14-12-19-33-82-63(87)24-25-64(82)88/h22-25,42-43,50,58,67,77,90H,10-21,26-41,44-49H2,1-9H3,(H,75,86)(H,76,84)(H,78,85)/t58?,67?,74-/m0/s1. The summed E-state index contributed by atoms with van der Waals surface area (Å²) in [4.78, 5) is 129. The highest BCUT2D eigenvalue weighted by atomic mass is 16.6. The van der Waals surface area contributed by atoms with Gasteiger partial charge in [-0.2, -0.15) is 0 Å². The van der Waals surface area contributed by atoms with Gasteiger partial charge in [-0.25, -0.2) is 14.6 Å². The number of aryl methyl sites for hydroxylation is 1. The lowest BCUT2D eigenvalue weighted by atomic mass is 9.85. The molecule has 3 atom stereocenters. The second-order valence-electron chi connectivity index (χ2n) is 29.3. The Kier molecular flexibility index (Phi) is 29.3. The maximum absolute atomic E-state index is 14.6. The second kappa shape index (κ2) is 37.3. The Balaban J connectivity index is 0.814. The van der Waals surface area contributed by atoms with Crippen LogP contribution in [0, 0.1) is 5.41 Å². The number of piperidine rings is 2. The molecule has 2 saturated heterocycles. The maximum atomic E-state index is 14.6. The third kappa shape index (κ3) is 22.9. The van der Waals surface area contributed by atoms with Crippen molar-refractivity contribution < 1.29 is 81.4 Å². The average Bonchev–Trinajstić information content (AvgIpc) is 1.62. The van der Waals surface area contributed by atoms with Gasteiger partial charge in [0.25, 0.3) is 17.4 Å². The molecule has 27 heteroatoms. The van der Waals surface area contributed by atoms with Gasteiger partial charge in [0.15, 0.2) is 0 Å². The summed E-state index contributed by atoms with van der Waals surface area (Å²) in [7, 11) is 0. The lowest BCUT2D eigenvalue weighted by Gasteiger charge is -2.39. The van der Waals surface area contributed by atoms with Gasteiger partial charge in [0.2, 0.25) is 23.3 Å². The van der Waals surface area contributed by atoms with E-state index in [0.717, 1.165) is 42.4 Å². The third-order valence-electron chi connectivity index (χ3n) is 19.1. The molecule has 0 radical (unpaired) electrons. The highest BCUT2D eigenvalue weighted by Gasteiger charge is 2.51. The van der Waals surface area contributed by atoms with E-state index < -0.39 is 65.1 Å². The molecule has 6 amide bonds. The Bertz CT molecular complexity index is 3440. The quantitative estimate of drug-likeness (QED) is 0.0139. The number of amides is 6. The number of rotatable bonds is 40. The molecule has 27 nitrogen and oxygen atoms in total.